The Kier molecular flexibility index (Phi) is 16.0. The van der Waals surface area contributed by atoms with Gasteiger partial charge in [0.25, 0.3) is 0 Å². The van der Waals surface area contributed by atoms with Gasteiger partial charge in [0.15, 0.2) is 0 Å². The Morgan fingerprint density at radius 1 is 0.736 bits per heavy atom. The topological polar surface area (TPSA) is 45.3 Å². The van der Waals surface area contributed by atoms with E-state index in [1.54, 1.807) is 16.7 Å². The van der Waals surface area contributed by atoms with Gasteiger partial charge >= 0.3 is 0 Å². The number of carbonyl (C=O) groups excluding carboxylic acids is 1. The summed E-state index contributed by atoms with van der Waals surface area (Å²) in [7, 11) is 1.86. The number of thioether (sulfide) groups is 1. The van der Waals surface area contributed by atoms with Crippen molar-refractivity contribution in [3.8, 4) is 5.75 Å². The Balaban J connectivity index is 0.00000314. The highest BCUT2D eigenvalue weighted by Gasteiger charge is 2.51. The molecule has 0 N–H and O–H groups in total. The Hall–Kier alpha value is -3.18. The number of benzene rings is 4. The van der Waals surface area contributed by atoms with Gasteiger partial charge in [0.05, 0.1) is 18.9 Å². The van der Waals surface area contributed by atoms with Gasteiger partial charge in [0.1, 0.15) is 28.7 Å². The molecule has 0 aliphatic carbocycles. The lowest BCUT2D eigenvalue weighted by Crippen LogP contribution is -2.49. The minimum Gasteiger partial charge on any atom is -0.491 e. The second kappa shape index (κ2) is 19.9. The van der Waals surface area contributed by atoms with E-state index >= 15 is 0 Å². The molecule has 0 aromatic heterocycles. The first kappa shape index (κ1) is 42.6. The fourth-order valence-electron chi connectivity index (χ4n) is 7.32. The third kappa shape index (κ3) is 10.1. The molecule has 1 amide bonds. The van der Waals surface area contributed by atoms with Gasteiger partial charge in [-0.25, -0.2) is 8.78 Å². The summed E-state index contributed by atoms with van der Waals surface area (Å²) in [6, 6.07) is 29.4. The van der Waals surface area contributed by atoms with Gasteiger partial charge in [-0.3, -0.25) is 9.69 Å². The number of likely N-dealkylation sites (N-methyl/N-ethyl adjacent to an activating group) is 1. The van der Waals surface area contributed by atoms with Crippen molar-refractivity contribution in [2.75, 3.05) is 71.0 Å². The van der Waals surface area contributed by atoms with Crippen molar-refractivity contribution in [3.05, 3.63) is 125 Å². The second-order valence-corrected chi connectivity index (χ2v) is 15.1. The first-order valence-electron chi connectivity index (χ1n) is 18.1. The van der Waals surface area contributed by atoms with E-state index < -0.39 is 4.75 Å². The van der Waals surface area contributed by atoms with Crippen LogP contribution >= 0.6 is 36.6 Å². The molecule has 4 aromatic carbocycles. The summed E-state index contributed by atoms with van der Waals surface area (Å²) in [5.41, 5.74) is 3.95. The van der Waals surface area contributed by atoms with Crippen molar-refractivity contribution in [2.24, 2.45) is 5.92 Å². The van der Waals surface area contributed by atoms with Crippen LogP contribution < -0.4 is 9.64 Å². The van der Waals surface area contributed by atoms with Gasteiger partial charge in [-0.2, -0.15) is 0 Å². The molecule has 286 valence electrons. The van der Waals surface area contributed by atoms with Crippen molar-refractivity contribution in [2.45, 2.75) is 42.2 Å². The summed E-state index contributed by atoms with van der Waals surface area (Å²) in [4.78, 5) is 21.8. The summed E-state index contributed by atoms with van der Waals surface area (Å²) in [6.45, 7) is 11.6. The molecule has 53 heavy (non-hydrogen) atoms. The Morgan fingerprint density at radius 2 is 1.30 bits per heavy atom. The van der Waals surface area contributed by atoms with E-state index in [0.29, 0.717) is 19.8 Å². The number of amides is 1. The fourth-order valence-corrected chi connectivity index (χ4v) is 8.86. The van der Waals surface area contributed by atoms with E-state index in [1.807, 2.05) is 73.8 Å². The van der Waals surface area contributed by atoms with Gasteiger partial charge in [0.2, 0.25) is 5.91 Å². The molecule has 0 bridgehead atoms. The first-order chi connectivity index (χ1) is 24.8. The molecular formula is C42H51Cl2F2N3O3S. The van der Waals surface area contributed by atoms with Crippen molar-refractivity contribution >= 4 is 48.2 Å². The SMILES string of the molecule is CC(C)C1(c2ccccc2OCCOCCN2CCN(CCCC(c3ccc(F)cc3)c3ccc(F)cc3)CC2)Sc2ccccc2N(C)C1=O.Cl.Cl. The monoisotopic (exact) mass is 785 g/mol. The number of para-hydroxylation sites is 2. The lowest BCUT2D eigenvalue weighted by Gasteiger charge is -2.43. The Labute approximate surface area is 330 Å². The van der Waals surface area contributed by atoms with Crippen LogP contribution in [-0.2, 0) is 14.3 Å². The molecule has 4 aromatic rings. The number of rotatable bonds is 15. The second-order valence-electron chi connectivity index (χ2n) is 13.8. The summed E-state index contributed by atoms with van der Waals surface area (Å²) >= 11 is 1.62. The predicted octanol–water partition coefficient (Wildman–Crippen LogP) is 9.05. The maximum Gasteiger partial charge on any atom is 0.248 e. The summed E-state index contributed by atoms with van der Waals surface area (Å²) in [5.74, 6) is 0.427. The maximum absolute atomic E-state index is 14.0. The zero-order chi connectivity index (χ0) is 35.8. The zero-order valence-corrected chi connectivity index (χ0v) is 33.2. The number of hydrogen-bond acceptors (Lipinski definition) is 6. The zero-order valence-electron chi connectivity index (χ0n) is 30.7. The minimum atomic E-state index is -0.796. The molecule has 6 rings (SSSR count). The third-order valence-electron chi connectivity index (χ3n) is 10.2. The quantitative estimate of drug-likeness (QED) is 0.112. The van der Waals surface area contributed by atoms with E-state index in [2.05, 4.69) is 29.7 Å². The van der Waals surface area contributed by atoms with Crippen molar-refractivity contribution in [1.82, 2.24) is 9.80 Å². The van der Waals surface area contributed by atoms with Crippen LogP contribution in [0.1, 0.15) is 49.3 Å². The van der Waals surface area contributed by atoms with E-state index in [-0.39, 0.29) is 54.2 Å². The molecule has 2 aliphatic rings. The molecular weight excluding hydrogens is 735 g/mol. The Morgan fingerprint density at radius 3 is 1.92 bits per heavy atom. The first-order valence-corrected chi connectivity index (χ1v) is 18.9. The van der Waals surface area contributed by atoms with Crippen LogP contribution in [0, 0.1) is 17.6 Å². The van der Waals surface area contributed by atoms with Crippen LogP contribution in [0.2, 0.25) is 0 Å². The van der Waals surface area contributed by atoms with Crippen LogP contribution in [0.25, 0.3) is 0 Å². The van der Waals surface area contributed by atoms with Gasteiger partial charge in [-0.1, -0.05) is 68.4 Å². The van der Waals surface area contributed by atoms with Gasteiger partial charge < -0.3 is 19.3 Å². The van der Waals surface area contributed by atoms with Gasteiger partial charge in [-0.15, -0.1) is 36.6 Å². The van der Waals surface area contributed by atoms with Crippen LogP contribution in [-0.4, -0.2) is 81.8 Å². The number of fused-ring (bicyclic) bond motifs is 1. The standard InChI is InChI=1S/C42H49F2N3O3S.2ClH/c1-31(2)42(41(48)45(3)38-11-5-7-13-40(38)51-42)37-10-4-6-12-39(37)50-30-29-49-28-27-47-25-23-46(24-26-47)22-8-9-36(32-14-18-34(43)19-15-32)33-16-20-35(44)21-17-33;;/h4-7,10-21,31,36H,8-9,22-30H2,1-3H3;2*1H. The third-order valence-corrected chi connectivity index (χ3v) is 12.0. The van der Waals surface area contributed by atoms with Gasteiger partial charge in [0, 0.05) is 56.1 Å². The number of nitrogens with zero attached hydrogens (tertiary/aromatic N) is 3. The molecule has 6 nitrogen and oxygen atoms in total. The van der Waals surface area contributed by atoms with Crippen LogP contribution in [0.4, 0.5) is 14.5 Å². The van der Waals surface area contributed by atoms with E-state index in [1.165, 1.54) is 24.3 Å². The van der Waals surface area contributed by atoms with Crippen LogP contribution in [0.3, 0.4) is 0 Å². The minimum absolute atomic E-state index is 0. The van der Waals surface area contributed by atoms with Crippen molar-refractivity contribution < 1.29 is 23.0 Å². The average Bonchev–Trinajstić information content (AvgIpc) is 3.15. The van der Waals surface area contributed by atoms with E-state index in [4.69, 9.17) is 9.47 Å². The van der Waals surface area contributed by atoms with E-state index in [0.717, 1.165) is 85.1 Å². The molecule has 1 atom stereocenters. The molecule has 0 radical (unpaired) electrons. The Bertz CT molecular complexity index is 1700. The highest BCUT2D eigenvalue weighted by atomic mass is 35.5. The van der Waals surface area contributed by atoms with E-state index in [9.17, 15) is 13.6 Å². The lowest BCUT2D eigenvalue weighted by molar-refractivity contribution is -0.122. The summed E-state index contributed by atoms with van der Waals surface area (Å²) < 4.78 is 38.7. The van der Waals surface area contributed by atoms with Crippen LogP contribution in [0.5, 0.6) is 5.75 Å². The molecule has 0 spiro atoms. The number of ether oxygens (including phenoxy) is 2. The summed E-state index contributed by atoms with van der Waals surface area (Å²) in [5, 5.41) is 0. The highest BCUT2D eigenvalue weighted by Crippen LogP contribution is 2.56. The molecule has 1 unspecified atom stereocenters. The molecule has 11 heteroatoms. The normalized spacial score (nSPS) is 17.7. The highest BCUT2D eigenvalue weighted by molar-refractivity contribution is 8.01. The lowest BCUT2D eigenvalue weighted by atomic mass is 9.85. The fraction of sp³-hybridized carbons (Fsp3) is 0.405. The molecule has 2 heterocycles. The van der Waals surface area contributed by atoms with Crippen molar-refractivity contribution in [1.29, 1.82) is 0 Å². The summed E-state index contributed by atoms with van der Waals surface area (Å²) in [6.07, 6.45) is 1.91. The largest absolute Gasteiger partial charge is 0.491 e. The molecule has 1 fully saturated rings. The molecule has 2 aliphatic heterocycles. The van der Waals surface area contributed by atoms with Gasteiger partial charge in [-0.05, 0) is 78.9 Å². The van der Waals surface area contributed by atoms with Crippen LogP contribution in [0.15, 0.2) is 102 Å². The number of anilines is 1. The number of halogens is 4. The van der Waals surface area contributed by atoms with Crippen molar-refractivity contribution in [3.63, 3.8) is 0 Å². The number of carbonyl (C=O) groups is 1. The number of piperazine rings is 1. The number of hydrogen-bond donors (Lipinski definition) is 0. The molecule has 0 saturated carbocycles. The smallest absolute Gasteiger partial charge is 0.248 e. The molecule has 1 saturated heterocycles. The maximum atomic E-state index is 14.0. The predicted molar refractivity (Wildman–Crippen MR) is 216 cm³/mol. The average molecular weight is 787 g/mol.